The van der Waals surface area contributed by atoms with Gasteiger partial charge in [-0.15, -0.1) is 0 Å². The van der Waals surface area contributed by atoms with Crippen LogP contribution in [0, 0.1) is 0 Å². The summed E-state index contributed by atoms with van der Waals surface area (Å²) in [5.74, 6) is 0. The van der Waals surface area contributed by atoms with Crippen molar-refractivity contribution >= 4 is 43.2 Å². The Labute approximate surface area is 134 Å². The molecule has 0 atom stereocenters. The molecule has 0 N–H and O–H groups in total. The SMILES string of the molecule is [2H]c1c([2H])c([2H])c2c(ccc3ccc4snc(C(C)(C)C)c4c32)c1[2H]. The lowest BCUT2D eigenvalue weighted by atomic mass is 9.87. The Morgan fingerprint density at radius 3 is 2.48 bits per heavy atom. The van der Waals surface area contributed by atoms with Gasteiger partial charge in [0.2, 0.25) is 0 Å². The van der Waals surface area contributed by atoms with Gasteiger partial charge in [-0.2, -0.15) is 4.37 Å². The van der Waals surface area contributed by atoms with Crippen LogP contribution in [0.25, 0.3) is 31.6 Å². The maximum atomic E-state index is 8.45. The fraction of sp³-hybridized carbons (Fsp3) is 0.211. The summed E-state index contributed by atoms with van der Waals surface area (Å²) in [4.78, 5) is 0. The number of hydrogen-bond acceptors (Lipinski definition) is 2. The zero-order valence-electron chi connectivity index (χ0n) is 16.2. The number of benzene rings is 3. The van der Waals surface area contributed by atoms with Gasteiger partial charge in [0.05, 0.1) is 15.9 Å². The number of rotatable bonds is 0. The summed E-state index contributed by atoms with van der Waals surface area (Å²) in [6, 6.07) is 7.41. The molecule has 0 saturated carbocycles. The molecule has 0 spiro atoms. The van der Waals surface area contributed by atoms with E-state index in [0.717, 1.165) is 26.6 Å². The highest BCUT2D eigenvalue weighted by molar-refractivity contribution is 7.13. The lowest BCUT2D eigenvalue weighted by Crippen LogP contribution is -2.11. The van der Waals surface area contributed by atoms with Gasteiger partial charge in [-0.05, 0) is 33.8 Å². The van der Waals surface area contributed by atoms with Crippen molar-refractivity contribution < 1.29 is 5.48 Å². The molecule has 0 fully saturated rings. The van der Waals surface area contributed by atoms with Crippen molar-refractivity contribution in [2.75, 3.05) is 0 Å². The van der Waals surface area contributed by atoms with Crippen LogP contribution in [0.5, 0.6) is 0 Å². The first kappa shape index (κ1) is 9.16. The lowest BCUT2D eigenvalue weighted by Gasteiger charge is -2.17. The molecule has 4 rings (SSSR count). The molecule has 0 aliphatic heterocycles. The molecule has 0 unspecified atom stereocenters. The van der Waals surface area contributed by atoms with E-state index in [-0.39, 0.29) is 29.6 Å². The third-order valence-corrected chi connectivity index (χ3v) is 4.59. The van der Waals surface area contributed by atoms with Gasteiger partial charge in [-0.25, -0.2) is 0 Å². The standard InChI is InChI=1S/C19H17NS/c1-19(2,3)18-17-15(21-20-18)11-10-13-9-8-12-6-4-5-7-14(12)16(13)17/h4-11H,1-3H3/i4D,5D,6D,7D. The monoisotopic (exact) mass is 295 g/mol. The molecule has 3 aromatic carbocycles. The molecule has 1 heterocycles. The Hall–Kier alpha value is -1.93. The average Bonchev–Trinajstić information content (AvgIpc) is 3.01. The second-order valence-corrected chi connectivity index (χ2v) is 7.11. The van der Waals surface area contributed by atoms with E-state index in [1.165, 1.54) is 11.5 Å². The largest absolute Gasteiger partial charge is 0.196 e. The number of nitrogens with zero attached hydrogens (tertiary/aromatic N) is 1. The maximum Gasteiger partial charge on any atom is 0.0680 e. The average molecular weight is 295 g/mol. The third-order valence-electron chi connectivity index (χ3n) is 3.78. The number of aromatic nitrogens is 1. The summed E-state index contributed by atoms with van der Waals surface area (Å²) >= 11 is 1.44. The van der Waals surface area contributed by atoms with E-state index >= 15 is 0 Å². The van der Waals surface area contributed by atoms with E-state index in [1.54, 1.807) is 6.07 Å². The second-order valence-electron chi connectivity index (χ2n) is 6.31. The fourth-order valence-corrected chi connectivity index (χ4v) is 3.76. The quantitative estimate of drug-likeness (QED) is 0.368. The summed E-state index contributed by atoms with van der Waals surface area (Å²) in [6.07, 6.45) is 0. The van der Waals surface area contributed by atoms with E-state index in [1.807, 2.05) is 18.2 Å². The first-order valence-corrected chi connectivity index (χ1v) is 7.71. The van der Waals surface area contributed by atoms with Crippen molar-refractivity contribution in [1.29, 1.82) is 0 Å². The summed E-state index contributed by atoms with van der Waals surface area (Å²) in [7, 11) is 0. The van der Waals surface area contributed by atoms with Gasteiger partial charge >= 0.3 is 0 Å². The predicted octanol–water partition coefficient (Wildman–Crippen LogP) is 5.90. The highest BCUT2D eigenvalue weighted by Crippen LogP contribution is 2.39. The molecule has 0 saturated heterocycles. The van der Waals surface area contributed by atoms with E-state index in [2.05, 4.69) is 25.1 Å². The zero-order valence-corrected chi connectivity index (χ0v) is 13.0. The van der Waals surface area contributed by atoms with Crippen LogP contribution in [0.4, 0.5) is 0 Å². The van der Waals surface area contributed by atoms with E-state index in [9.17, 15) is 0 Å². The molecule has 0 aliphatic carbocycles. The Bertz CT molecular complexity index is 1170. The molecule has 4 aromatic rings. The van der Waals surface area contributed by atoms with Gasteiger partial charge in [-0.3, -0.25) is 0 Å². The van der Waals surface area contributed by atoms with Crippen LogP contribution in [0.3, 0.4) is 0 Å². The molecule has 104 valence electrons. The maximum absolute atomic E-state index is 8.45. The van der Waals surface area contributed by atoms with Gasteiger partial charge in [0.25, 0.3) is 0 Å². The first-order valence-electron chi connectivity index (χ1n) is 8.93. The molecule has 1 nitrogen and oxygen atoms in total. The summed E-state index contributed by atoms with van der Waals surface area (Å²) < 4.78 is 38.4. The molecular weight excluding hydrogens is 274 g/mol. The van der Waals surface area contributed by atoms with Gasteiger partial charge in [0.15, 0.2) is 0 Å². The molecule has 2 heteroatoms. The summed E-state index contributed by atoms with van der Waals surface area (Å²) in [6.45, 7) is 6.34. The Kier molecular flexibility index (Phi) is 1.87. The summed E-state index contributed by atoms with van der Waals surface area (Å²) in [5, 5.41) is 3.99. The van der Waals surface area contributed by atoms with Crippen molar-refractivity contribution in [3.05, 3.63) is 54.1 Å². The molecule has 1 aromatic heterocycles. The number of hydrogen-bond donors (Lipinski definition) is 0. The van der Waals surface area contributed by atoms with Gasteiger partial charge < -0.3 is 0 Å². The lowest BCUT2D eigenvalue weighted by molar-refractivity contribution is 0.582. The Balaban J connectivity index is 2.38. The molecule has 0 aliphatic rings. The highest BCUT2D eigenvalue weighted by Gasteiger charge is 2.22. The molecule has 21 heavy (non-hydrogen) atoms. The van der Waals surface area contributed by atoms with Crippen molar-refractivity contribution in [2.45, 2.75) is 26.2 Å². The van der Waals surface area contributed by atoms with E-state index in [0.29, 0.717) is 10.8 Å². The fourth-order valence-electron chi connectivity index (χ4n) is 2.79. The normalized spacial score (nSPS) is 15.2. The second kappa shape index (κ2) is 4.28. The van der Waals surface area contributed by atoms with Crippen LogP contribution in [-0.2, 0) is 5.41 Å². The van der Waals surface area contributed by atoms with Crippen molar-refractivity contribution in [2.24, 2.45) is 0 Å². The van der Waals surface area contributed by atoms with Crippen molar-refractivity contribution in [3.63, 3.8) is 0 Å². The molecule has 0 radical (unpaired) electrons. The van der Waals surface area contributed by atoms with Crippen LogP contribution >= 0.6 is 11.5 Å². The minimum atomic E-state index is -0.192. The molecular formula is C19H17NS. The highest BCUT2D eigenvalue weighted by atomic mass is 32.1. The van der Waals surface area contributed by atoms with Crippen molar-refractivity contribution in [1.82, 2.24) is 4.37 Å². The Morgan fingerprint density at radius 2 is 1.67 bits per heavy atom. The van der Waals surface area contributed by atoms with Crippen LogP contribution in [0.1, 0.15) is 31.9 Å². The minimum Gasteiger partial charge on any atom is -0.196 e. The smallest absolute Gasteiger partial charge is 0.0680 e. The molecule has 0 amide bonds. The van der Waals surface area contributed by atoms with Crippen LogP contribution in [0.15, 0.2) is 48.4 Å². The zero-order chi connectivity index (χ0) is 18.1. The van der Waals surface area contributed by atoms with E-state index < -0.39 is 0 Å². The Morgan fingerprint density at radius 1 is 0.952 bits per heavy atom. The van der Waals surface area contributed by atoms with Crippen molar-refractivity contribution in [3.8, 4) is 0 Å². The van der Waals surface area contributed by atoms with Crippen LogP contribution < -0.4 is 0 Å². The third kappa shape index (κ3) is 1.86. The number of fused-ring (bicyclic) bond motifs is 5. The summed E-state index contributed by atoms with van der Waals surface area (Å²) in [5.41, 5.74) is 0.817. The topological polar surface area (TPSA) is 12.9 Å². The van der Waals surface area contributed by atoms with Crippen LogP contribution in [-0.4, -0.2) is 4.37 Å². The molecule has 0 bridgehead atoms. The van der Waals surface area contributed by atoms with E-state index in [4.69, 9.17) is 5.48 Å². The van der Waals surface area contributed by atoms with Gasteiger partial charge in [0, 0.05) is 16.2 Å². The first-order chi connectivity index (χ1) is 11.7. The van der Waals surface area contributed by atoms with Gasteiger partial charge in [0.1, 0.15) is 0 Å². The predicted molar refractivity (Wildman–Crippen MR) is 93.3 cm³/mol. The minimum absolute atomic E-state index is 0.00963. The van der Waals surface area contributed by atoms with Crippen LogP contribution in [0.2, 0.25) is 0 Å². The van der Waals surface area contributed by atoms with Gasteiger partial charge in [-0.1, -0.05) is 63.1 Å².